The maximum absolute atomic E-state index is 3.75. The second-order valence-electron chi connectivity index (χ2n) is 5.29. The van der Waals surface area contributed by atoms with Crippen LogP contribution in [0.15, 0.2) is 49.1 Å². The molecule has 2 aromatic rings. The van der Waals surface area contributed by atoms with E-state index in [1.165, 1.54) is 11.1 Å². The van der Waals surface area contributed by atoms with Gasteiger partial charge in [0.15, 0.2) is 24.8 Å². The molecule has 0 atom stereocenters. The molecule has 4 radical (unpaired) electrons. The average Bonchev–Trinajstić information content (AvgIpc) is 2.53. The Labute approximate surface area is 193 Å². The molecule has 0 aromatic carbocycles. The van der Waals surface area contributed by atoms with Gasteiger partial charge in [-0.2, -0.15) is 0 Å². The van der Waals surface area contributed by atoms with Crippen LogP contribution in [0.1, 0.15) is 18.1 Å². The summed E-state index contributed by atoms with van der Waals surface area (Å²) in [6, 6.07) is 8.85. The van der Waals surface area contributed by atoms with E-state index in [1.807, 2.05) is 7.28 Å². The molecule has 0 spiro atoms. The van der Waals surface area contributed by atoms with Crippen molar-refractivity contribution in [3.8, 4) is 0 Å². The molecule has 0 bridgehead atoms. The average molecular weight is 455 g/mol. The van der Waals surface area contributed by atoms with Crippen LogP contribution in [0.4, 0.5) is 0 Å². The molecule has 0 saturated carbocycles. The van der Waals surface area contributed by atoms with Gasteiger partial charge in [-0.05, 0) is 31.2 Å². The SMILES string of the molecule is [CH2-][B]C[n+]1ccc(CCc2cc[n+](C[B]CC)cc2)cc1.[Y].[Y]. The Kier molecular flexibility index (Phi) is 14.3. The van der Waals surface area contributed by atoms with E-state index in [1.54, 1.807) is 0 Å². The summed E-state index contributed by atoms with van der Waals surface area (Å²) in [4.78, 5) is 0. The smallest absolute Gasteiger partial charge is 0.200 e. The van der Waals surface area contributed by atoms with Crippen molar-refractivity contribution in [2.75, 3.05) is 0 Å². The molecule has 0 amide bonds. The monoisotopic (exact) mass is 455 g/mol. The molecule has 0 aliphatic heterocycles. The predicted octanol–water partition coefficient (Wildman–Crippen LogP) is 1.59. The summed E-state index contributed by atoms with van der Waals surface area (Å²) in [5.74, 6) is 0. The van der Waals surface area contributed by atoms with Crippen LogP contribution in [-0.2, 0) is 91.1 Å². The summed E-state index contributed by atoms with van der Waals surface area (Å²) in [6.07, 6.45) is 13.7. The van der Waals surface area contributed by atoms with E-state index < -0.39 is 0 Å². The molecular weight excluding hydrogens is 432 g/mol. The Morgan fingerprint density at radius 2 is 1.26 bits per heavy atom. The number of aromatic nitrogens is 2. The third-order valence-corrected chi connectivity index (χ3v) is 3.59. The zero-order chi connectivity index (χ0) is 14.9. The minimum atomic E-state index is 0. The van der Waals surface area contributed by atoms with Gasteiger partial charge in [0, 0.05) is 89.7 Å². The number of nitrogens with zero attached hydrogens (tertiary/aromatic N) is 2. The molecule has 2 rings (SSSR count). The molecule has 0 aliphatic carbocycles. The molecule has 2 heterocycles. The first kappa shape index (κ1) is 23.6. The maximum Gasteiger partial charge on any atom is 0.200 e. The van der Waals surface area contributed by atoms with Gasteiger partial charge in [0.1, 0.15) is 6.44 Å². The summed E-state index contributed by atoms with van der Waals surface area (Å²) in [7, 11) is 4.19. The molecule has 112 valence electrons. The Bertz CT molecular complexity index is 533. The van der Waals surface area contributed by atoms with Crippen molar-refractivity contribution in [3.63, 3.8) is 0 Å². The Morgan fingerprint density at radius 1 is 0.826 bits per heavy atom. The van der Waals surface area contributed by atoms with E-state index in [4.69, 9.17) is 0 Å². The topological polar surface area (TPSA) is 7.76 Å². The van der Waals surface area contributed by atoms with Gasteiger partial charge in [-0.1, -0.05) is 13.2 Å². The fourth-order valence-corrected chi connectivity index (χ4v) is 2.27. The van der Waals surface area contributed by atoms with Crippen molar-refractivity contribution >= 4 is 14.6 Å². The Balaban J connectivity index is 0.00000242. The third kappa shape index (κ3) is 9.05. The zero-order valence-electron chi connectivity index (χ0n) is 14.1. The van der Waals surface area contributed by atoms with Gasteiger partial charge in [0.05, 0.1) is 6.44 Å². The van der Waals surface area contributed by atoms with Crippen LogP contribution in [0.5, 0.6) is 0 Å². The van der Waals surface area contributed by atoms with Crippen molar-refractivity contribution < 1.29 is 74.6 Å². The van der Waals surface area contributed by atoms with E-state index in [-0.39, 0.29) is 65.4 Å². The van der Waals surface area contributed by atoms with Crippen LogP contribution in [0, 0.1) is 6.82 Å². The van der Waals surface area contributed by atoms with Gasteiger partial charge >= 0.3 is 0 Å². The third-order valence-electron chi connectivity index (χ3n) is 3.59. The summed E-state index contributed by atoms with van der Waals surface area (Å²) in [5.41, 5.74) is 2.77. The molecule has 0 aliphatic rings. The van der Waals surface area contributed by atoms with Gasteiger partial charge in [-0.3, -0.25) is 0 Å². The Hall–Kier alpha value is 0.638. The summed E-state index contributed by atoms with van der Waals surface area (Å²) < 4.78 is 4.35. The molecular formula is C17H23B2N2Y2+. The van der Waals surface area contributed by atoms with Gasteiger partial charge in [0.25, 0.3) is 0 Å². The van der Waals surface area contributed by atoms with Crippen LogP contribution in [0.2, 0.25) is 6.32 Å². The van der Waals surface area contributed by atoms with E-state index >= 15 is 0 Å². The number of pyridine rings is 2. The van der Waals surface area contributed by atoms with Crippen molar-refractivity contribution in [2.45, 2.75) is 39.0 Å². The standard InChI is InChI=1S/C17H23B2N2.2Y/c1-3-19-15-21-12-8-17(9-13-21)5-4-16-6-10-20(11-7-16)14-18-2;;/h6-13H,2-5,14-15H2,1H3;;/q+1;;. The van der Waals surface area contributed by atoms with Crippen molar-refractivity contribution in [2.24, 2.45) is 0 Å². The quantitative estimate of drug-likeness (QED) is 0.325. The molecule has 2 nitrogen and oxygen atoms in total. The van der Waals surface area contributed by atoms with Gasteiger partial charge < -0.3 is 6.82 Å². The first-order valence-electron chi connectivity index (χ1n) is 7.70. The molecule has 0 unspecified atom stereocenters. The maximum atomic E-state index is 3.75. The number of aryl methyl sites for hydroxylation is 2. The van der Waals surface area contributed by atoms with Gasteiger partial charge in [0.2, 0.25) is 7.28 Å². The second-order valence-corrected chi connectivity index (χ2v) is 5.29. The van der Waals surface area contributed by atoms with Crippen LogP contribution < -0.4 is 9.13 Å². The fourth-order valence-electron chi connectivity index (χ4n) is 2.27. The van der Waals surface area contributed by atoms with Crippen molar-refractivity contribution in [1.82, 2.24) is 0 Å². The molecule has 0 saturated heterocycles. The molecule has 0 fully saturated rings. The van der Waals surface area contributed by atoms with E-state index in [9.17, 15) is 0 Å². The van der Waals surface area contributed by atoms with E-state index in [0.717, 1.165) is 32.1 Å². The second kappa shape index (κ2) is 13.9. The van der Waals surface area contributed by atoms with Crippen LogP contribution in [0.3, 0.4) is 0 Å². The van der Waals surface area contributed by atoms with Crippen LogP contribution >= 0.6 is 0 Å². The van der Waals surface area contributed by atoms with Gasteiger partial charge in [-0.25, -0.2) is 9.13 Å². The predicted molar refractivity (Wildman–Crippen MR) is 88.0 cm³/mol. The van der Waals surface area contributed by atoms with E-state index in [0.29, 0.717) is 0 Å². The molecule has 6 heteroatoms. The van der Waals surface area contributed by atoms with Gasteiger partial charge in [-0.15, -0.1) is 0 Å². The zero-order valence-corrected chi connectivity index (χ0v) is 19.7. The normalized spacial score (nSPS) is 9.48. The minimum Gasteiger partial charge on any atom is -0.367 e. The minimum absolute atomic E-state index is 0. The van der Waals surface area contributed by atoms with Crippen LogP contribution in [-0.4, -0.2) is 14.6 Å². The fraction of sp³-hybridized carbons (Fsp3) is 0.353. The molecule has 2 aromatic heterocycles. The number of hydrogen-bond acceptors (Lipinski definition) is 0. The summed E-state index contributed by atoms with van der Waals surface area (Å²) in [5, 5.41) is 0. The molecule has 23 heavy (non-hydrogen) atoms. The van der Waals surface area contributed by atoms with Crippen molar-refractivity contribution in [1.29, 1.82) is 0 Å². The van der Waals surface area contributed by atoms with Crippen molar-refractivity contribution in [3.05, 3.63) is 67.0 Å². The van der Waals surface area contributed by atoms with E-state index in [2.05, 4.69) is 79.2 Å². The largest absolute Gasteiger partial charge is 0.367 e. The summed E-state index contributed by atoms with van der Waals surface area (Å²) in [6.45, 7) is 5.93. The first-order chi connectivity index (χ1) is 10.3. The first-order valence-corrected chi connectivity index (χ1v) is 7.70. The Morgan fingerprint density at radius 3 is 1.65 bits per heavy atom. The van der Waals surface area contributed by atoms with Crippen LogP contribution in [0.25, 0.3) is 0 Å². The summed E-state index contributed by atoms with van der Waals surface area (Å²) >= 11 is 0. The number of rotatable bonds is 8. The number of hydrogen-bond donors (Lipinski definition) is 0. The molecule has 0 N–H and O–H groups in total.